The van der Waals surface area contributed by atoms with Gasteiger partial charge in [0.15, 0.2) is 0 Å². The summed E-state index contributed by atoms with van der Waals surface area (Å²) in [6.07, 6.45) is -3.91. The third-order valence-electron chi connectivity index (χ3n) is 6.61. The summed E-state index contributed by atoms with van der Waals surface area (Å²) >= 11 is 0. The molecule has 15 heteroatoms. The van der Waals surface area contributed by atoms with Gasteiger partial charge in [-0.15, -0.1) is 0 Å². The first-order valence-electron chi connectivity index (χ1n) is 12.1. The summed E-state index contributed by atoms with van der Waals surface area (Å²) in [5.41, 5.74) is 0.0791. The number of alkyl halides is 3. The summed E-state index contributed by atoms with van der Waals surface area (Å²) in [6, 6.07) is 11.7. The summed E-state index contributed by atoms with van der Waals surface area (Å²) < 4.78 is 45.5. The van der Waals surface area contributed by atoms with Crippen molar-refractivity contribution in [2.75, 3.05) is 31.2 Å². The molecule has 2 aliphatic heterocycles. The van der Waals surface area contributed by atoms with Crippen LogP contribution in [-0.2, 0) is 9.59 Å². The Labute approximate surface area is 225 Å². The number of nitrogens with one attached hydrogen (secondary N) is 2. The molecule has 0 aliphatic carbocycles. The number of hydrogen-bond donors (Lipinski definition) is 3. The number of halogens is 4. The minimum absolute atomic E-state index is 0.0431. The van der Waals surface area contributed by atoms with E-state index in [1.54, 1.807) is 12.1 Å². The summed E-state index contributed by atoms with van der Waals surface area (Å²) in [5.74, 6) is -3.51. The molecule has 2 aromatic carbocycles. The van der Waals surface area contributed by atoms with Gasteiger partial charge in [-0.2, -0.15) is 13.2 Å². The Balaban J connectivity index is 0.000000559. The van der Waals surface area contributed by atoms with E-state index in [-0.39, 0.29) is 34.9 Å². The van der Waals surface area contributed by atoms with E-state index in [4.69, 9.17) is 9.90 Å². The molecule has 1 atom stereocenters. The minimum Gasteiger partial charge on any atom is -0.475 e. The number of benzene rings is 2. The van der Waals surface area contributed by atoms with Crippen LogP contribution in [0.15, 0.2) is 48.5 Å². The van der Waals surface area contributed by atoms with Gasteiger partial charge in [-0.25, -0.2) is 9.18 Å². The lowest BCUT2D eigenvalue weighted by molar-refractivity contribution is -0.384. The highest BCUT2D eigenvalue weighted by molar-refractivity contribution is 5.95. The van der Waals surface area contributed by atoms with Crippen LogP contribution in [0.3, 0.4) is 0 Å². The molecule has 0 unspecified atom stereocenters. The molecule has 0 saturated carbocycles. The van der Waals surface area contributed by atoms with Crippen LogP contribution in [0, 0.1) is 15.9 Å². The fraction of sp³-hybridized carbons (Fsp3) is 0.400. The number of nitro groups is 1. The molecule has 1 spiro atoms. The van der Waals surface area contributed by atoms with E-state index in [0.717, 1.165) is 0 Å². The molecule has 216 valence electrons. The van der Waals surface area contributed by atoms with Crippen LogP contribution in [0.5, 0.6) is 0 Å². The van der Waals surface area contributed by atoms with Gasteiger partial charge in [0.05, 0.1) is 11.6 Å². The number of aliphatic carboxylic acids is 1. The summed E-state index contributed by atoms with van der Waals surface area (Å²) in [5, 5.41) is 23.8. The zero-order chi connectivity index (χ0) is 29.7. The Kier molecular flexibility index (Phi) is 9.29. The number of piperidine rings is 1. The molecule has 2 saturated heterocycles. The molecule has 4 rings (SSSR count). The number of carboxylic acid groups (broad SMARTS) is 1. The standard InChI is InChI=1S/C23H26FN5O4.C2HF3O2/c1-16(26-21(30)17-4-2-7-20(12-17)29(32)33)14-27-10-8-23(9-11-27)22(31)25-15-28(23)19-6-3-5-18(24)13-19;3-2(4,5)1(6)7/h2-7,12-13,16H,8-11,14-15H2,1H3,(H,25,31)(H,26,30);(H,6,7)/t16-;/m0./s1. The van der Waals surface area contributed by atoms with E-state index < -0.39 is 22.6 Å². The molecular weight excluding hydrogens is 542 g/mol. The summed E-state index contributed by atoms with van der Waals surface area (Å²) in [7, 11) is 0. The van der Waals surface area contributed by atoms with Gasteiger partial charge in [-0.05, 0) is 44.0 Å². The lowest BCUT2D eigenvalue weighted by Gasteiger charge is -2.43. The third-order valence-corrected chi connectivity index (χ3v) is 6.61. The van der Waals surface area contributed by atoms with Crippen molar-refractivity contribution in [1.29, 1.82) is 0 Å². The van der Waals surface area contributed by atoms with Crippen molar-refractivity contribution in [3.63, 3.8) is 0 Å². The Morgan fingerprint density at radius 1 is 1.18 bits per heavy atom. The zero-order valence-corrected chi connectivity index (χ0v) is 21.3. The number of anilines is 1. The third kappa shape index (κ3) is 7.22. The number of nitro benzene ring substituents is 1. The van der Waals surface area contributed by atoms with Crippen molar-refractivity contribution < 1.29 is 42.0 Å². The second-order valence-electron chi connectivity index (χ2n) is 9.39. The number of non-ortho nitro benzene ring substituents is 1. The molecule has 2 aromatic rings. The number of carbonyl (C=O) groups is 3. The monoisotopic (exact) mass is 569 g/mol. The predicted octanol–water partition coefficient (Wildman–Crippen LogP) is 2.91. The van der Waals surface area contributed by atoms with Crippen molar-refractivity contribution in [2.45, 2.75) is 37.5 Å². The first-order chi connectivity index (χ1) is 18.7. The number of nitrogens with zero attached hydrogens (tertiary/aromatic N) is 3. The summed E-state index contributed by atoms with van der Waals surface area (Å²) in [4.78, 5) is 48.7. The number of hydrogen-bond acceptors (Lipinski definition) is 7. The van der Waals surface area contributed by atoms with E-state index in [9.17, 15) is 37.3 Å². The van der Waals surface area contributed by atoms with Crippen LogP contribution in [0.1, 0.15) is 30.1 Å². The van der Waals surface area contributed by atoms with Crippen LogP contribution < -0.4 is 15.5 Å². The molecule has 2 fully saturated rings. The molecule has 40 heavy (non-hydrogen) atoms. The first-order valence-corrected chi connectivity index (χ1v) is 12.1. The predicted molar refractivity (Wildman–Crippen MR) is 134 cm³/mol. The molecule has 11 nitrogen and oxygen atoms in total. The molecule has 2 heterocycles. The average molecular weight is 570 g/mol. The molecule has 0 aromatic heterocycles. The lowest BCUT2D eigenvalue weighted by Crippen LogP contribution is -2.57. The quantitative estimate of drug-likeness (QED) is 0.274. The van der Waals surface area contributed by atoms with Crippen LogP contribution in [0.4, 0.5) is 28.9 Å². The maximum Gasteiger partial charge on any atom is 0.490 e. The van der Waals surface area contributed by atoms with Gasteiger partial charge in [0.2, 0.25) is 5.91 Å². The molecule has 0 radical (unpaired) electrons. The topological polar surface area (TPSA) is 145 Å². The smallest absolute Gasteiger partial charge is 0.475 e. The summed E-state index contributed by atoms with van der Waals surface area (Å²) in [6.45, 7) is 4.10. The highest BCUT2D eigenvalue weighted by atomic mass is 19.4. The SMILES string of the molecule is C[C@@H](CN1CCC2(CC1)C(=O)NCN2c1cccc(F)c1)NC(=O)c1cccc([N+](=O)[O-])c1.O=C(O)C(F)(F)F. The lowest BCUT2D eigenvalue weighted by atomic mass is 9.85. The number of carboxylic acids is 1. The largest absolute Gasteiger partial charge is 0.490 e. The normalized spacial score (nSPS) is 17.4. The molecule has 3 N–H and O–H groups in total. The Bertz CT molecular complexity index is 1270. The Morgan fingerprint density at radius 3 is 2.38 bits per heavy atom. The molecule has 0 bridgehead atoms. The van der Waals surface area contributed by atoms with E-state index in [1.165, 1.54) is 30.3 Å². The highest BCUT2D eigenvalue weighted by Crippen LogP contribution is 2.36. The Morgan fingerprint density at radius 2 is 1.80 bits per heavy atom. The van der Waals surface area contributed by atoms with Crippen LogP contribution in [0.25, 0.3) is 0 Å². The maximum absolute atomic E-state index is 13.8. The first kappa shape index (κ1) is 30.3. The van der Waals surface area contributed by atoms with Gasteiger partial charge in [-0.1, -0.05) is 12.1 Å². The van der Waals surface area contributed by atoms with E-state index in [1.807, 2.05) is 17.9 Å². The fourth-order valence-corrected chi connectivity index (χ4v) is 4.68. The van der Waals surface area contributed by atoms with E-state index >= 15 is 0 Å². The average Bonchev–Trinajstić information content (AvgIpc) is 3.20. The van der Waals surface area contributed by atoms with Gasteiger partial charge in [0, 0.05) is 49.1 Å². The molecule has 2 amide bonds. The second kappa shape index (κ2) is 12.3. The van der Waals surface area contributed by atoms with Crippen LogP contribution >= 0.6 is 0 Å². The van der Waals surface area contributed by atoms with Crippen LogP contribution in [-0.4, -0.2) is 76.8 Å². The van der Waals surface area contributed by atoms with Crippen molar-refractivity contribution >= 4 is 29.2 Å². The minimum atomic E-state index is -5.08. The van der Waals surface area contributed by atoms with Crippen LogP contribution in [0.2, 0.25) is 0 Å². The zero-order valence-electron chi connectivity index (χ0n) is 21.3. The number of likely N-dealkylation sites (tertiary alicyclic amines) is 1. The molecule has 2 aliphatic rings. The maximum atomic E-state index is 13.8. The van der Waals surface area contributed by atoms with Crippen molar-refractivity contribution in [1.82, 2.24) is 15.5 Å². The van der Waals surface area contributed by atoms with Gasteiger partial charge >= 0.3 is 12.1 Å². The van der Waals surface area contributed by atoms with Gasteiger partial charge < -0.3 is 25.5 Å². The second-order valence-corrected chi connectivity index (χ2v) is 9.39. The van der Waals surface area contributed by atoms with Gasteiger partial charge in [-0.3, -0.25) is 19.7 Å². The number of amides is 2. The van der Waals surface area contributed by atoms with Gasteiger partial charge in [0.1, 0.15) is 11.4 Å². The van der Waals surface area contributed by atoms with E-state index in [2.05, 4.69) is 15.5 Å². The van der Waals surface area contributed by atoms with Crippen molar-refractivity contribution in [3.05, 3.63) is 70.0 Å². The number of rotatable bonds is 6. The van der Waals surface area contributed by atoms with Gasteiger partial charge in [0.25, 0.3) is 11.6 Å². The van der Waals surface area contributed by atoms with Crippen molar-refractivity contribution in [3.8, 4) is 0 Å². The van der Waals surface area contributed by atoms with E-state index in [0.29, 0.717) is 44.8 Å². The Hall–Kier alpha value is -4.27. The molecular formula is C25H27F4N5O6. The number of carbonyl (C=O) groups excluding carboxylic acids is 2. The highest BCUT2D eigenvalue weighted by Gasteiger charge is 2.50. The van der Waals surface area contributed by atoms with Crippen molar-refractivity contribution in [2.24, 2.45) is 0 Å². The fourth-order valence-electron chi connectivity index (χ4n) is 4.68.